The highest BCUT2D eigenvalue weighted by Crippen LogP contribution is 2.31. The van der Waals surface area contributed by atoms with Crippen molar-refractivity contribution in [2.75, 3.05) is 25.5 Å². The summed E-state index contributed by atoms with van der Waals surface area (Å²) in [5.74, 6) is 0.275. The minimum absolute atomic E-state index is 0.0380. The highest BCUT2D eigenvalue weighted by molar-refractivity contribution is 7.89. The molecule has 0 radical (unpaired) electrons. The summed E-state index contributed by atoms with van der Waals surface area (Å²) in [6, 6.07) is 6.03. The number of ether oxygens (including phenoxy) is 1. The molecule has 1 aromatic heterocycles. The molecule has 0 spiro atoms. The van der Waals surface area contributed by atoms with Crippen LogP contribution in [0.1, 0.15) is 35.5 Å². The Hall–Kier alpha value is -2.39. The van der Waals surface area contributed by atoms with Crippen molar-refractivity contribution in [3.05, 3.63) is 35.7 Å². The third kappa shape index (κ3) is 3.73. The van der Waals surface area contributed by atoms with Crippen LogP contribution in [-0.4, -0.2) is 44.0 Å². The number of sulfonamides is 1. The zero-order valence-corrected chi connectivity index (χ0v) is 15.5. The van der Waals surface area contributed by atoms with E-state index in [0.29, 0.717) is 24.5 Å². The van der Waals surface area contributed by atoms with E-state index in [1.165, 1.54) is 29.6 Å². The predicted molar refractivity (Wildman–Crippen MR) is 94.8 cm³/mol. The van der Waals surface area contributed by atoms with Gasteiger partial charge in [0.2, 0.25) is 10.0 Å². The fourth-order valence-corrected chi connectivity index (χ4v) is 4.57. The quantitative estimate of drug-likeness (QED) is 0.856. The maximum Gasteiger partial charge on any atom is 0.277 e. The lowest BCUT2D eigenvalue weighted by atomic mass is 10.2. The lowest BCUT2D eigenvalue weighted by Gasteiger charge is -2.26. The predicted octanol–water partition coefficient (Wildman–Crippen LogP) is 2.42. The van der Waals surface area contributed by atoms with E-state index in [2.05, 4.69) is 10.5 Å². The highest BCUT2D eigenvalue weighted by Gasteiger charge is 2.29. The molecule has 0 aliphatic carbocycles. The van der Waals surface area contributed by atoms with Crippen LogP contribution in [-0.2, 0) is 10.0 Å². The molecule has 0 bridgehead atoms. The largest absolute Gasteiger partial charge is 0.495 e. The monoisotopic (exact) mass is 379 g/mol. The average Bonchev–Trinajstić information content (AvgIpc) is 3.09. The number of methoxy groups -OCH3 is 1. The summed E-state index contributed by atoms with van der Waals surface area (Å²) in [6.45, 7) is 2.65. The summed E-state index contributed by atoms with van der Waals surface area (Å²) in [5.41, 5.74) is 0.464. The van der Waals surface area contributed by atoms with E-state index in [1.54, 1.807) is 13.0 Å². The van der Waals surface area contributed by atoms with Gasteiger partial charge in [-0.2, -0.15) is 4.31 Å². The van der Waals surface area contributed by atoms with Crippen LogP contribution >= 0.6 is 0 Å². The van der Waals surface area contributed by atoms with Gasteiger partial charge in [0.15, 0.2) is 5.69 Å². The number of benzene rings is 1. The van der Waals surface area contributed by atoms with Crippen LogP contribution in [0.15, 0.2) is 33.7 Å². The number of carbonyl (C=O) groups excluding carboxylic acids is 1. The number of hydrogen-bond donors (Lipinski definition) is 1. The highest BCUT2D eigenvalue weighted by atomic mass is 32.2. The van der Waals surface area contributed by atoms with Crippen molar-refractivity contribution < 1.29 is 22.5 Å². The normalized spacial score (nSPS) is 15.6. The Morgan fingerprint density at radius 2 is 1.96 bits per heavy atom. The number of anilines is 1. The second-order valence-electron chi connectivity index (χ2n) is 6.11. The zero-order chi connectivity index (χ0) is 18.7. The molecule has 1 aliphatic rings. The number of carbonyl (C=O) groups is 1. The molecule has 140 valence electrons. The number of amides is 1. The molecule has 26 heavy (non-hydrogen) atoms. The second kappa shape index (κ2) is 7.46. The van der Waals surface area contributed by atoms with Gasteiger partial charge in [0.25, 0.3) is 5.91 Å². The SMILES string of the molecule is COc1ccc(NC(=O)c2cc(C)on2)cc1S(=O)(=O)N1CCCCC1. The van der Waals surface area contributed by atoms with Gasteiger partial charge in [-0.25, -0.2) is 8.42 Å². The minimum Gasteiger partial charge on any atom is -0.495 e. The molecule has 1 fully saturated rings. The molecule has 0 saturated carbocycles. The summed E-state index contributed by atoms with van der Waals surface area (Å²) >= 11 is 0. The van der Waals surface area contributed by atoms with Crippen LogP contribution in [0.4, 0.5) is 5.69 Å². The maximum atomic E-state index is 13.0. The number of piperidine rings is 1. The first kappa shape index (κ1) is 18.4. The van der Waals surface area contributed by atoms with E-state index in [0.717, 1.165) is 19.3 Å². The van der Waals surface area contributed by atoms with Gasteiger partial charge in [-0.1, -0.05) is 11.6 Å². The van der Waals surface area contributed by atoms with Crippen molar-refractivity contribution >= 4 is 21.6 Å². The number of aryl methyl sites for hydroxylation is 1. The average molecular weight is 379 g/mol. The summed E-state index contributed by atoms with van der Waals surface area (Å²) < 4.78 is 37.5. The van der Waals surface area contributed by atoms with Crippen molar-refractivity contribution in [2.45, 2.75) is 31.1 Å². The van der Waals surface area contributed by atoms with Gasteiger partial charge in [0.05, 0.1) is 7.11 Å². The number of nitrogens with zero attached hydrogens (tertiary/aromatic N) is 2. The number of nitrogens with one attached hydrogen (secondary N) is 1. The minimum atomic E-state index is -3.70. The fraction of sp³-hybridized carbons (Fsp3) is 0.412. The summed E-state index contributed by atoms with van der Waals surface area (Å²) in [7, 11) is -2.28. The molecule has 1 N–H and O–H groups in total. The second-order valence-corrected chi connectivity index (χ2v) is 8.01. The summed E-state index contributed by atoms with van der Waals surface area (Å²) in [4.78, 5) is 12.3. The molecule has 0 atom stereocenters. The van der Waals surface area contributed by atoms with Gasteiger partial charge in [-0.3, -0.25) is 4.79 Å². The molecule has 8 nitrogen and oxygen atoms in total. The van der Waals surface area contributed by atoms with E-state index < -0.39 is 15.9 Å². The van der Waals surface area contributed by atoms with Crippen LogP contribution < -0.4 is 10.1 Å². The van der Waals surface area contributed by atoms with Gasteiger partial charge in [0, 0.05) is 24.8 Å². The molecular formula is C17H21N3O5S. The number of hydrogen-bond acceptors (Lipinski definition) is 6. The van der Waals surface area contributed by atoms with E-state index in [9.17, 15) is 13.2 Å². The topological polar surface area (TPSA) is 102 Å². The lowest BCUT2D eigenvalue weighted by Crippen LogP contribution is -2.35. The smallest absolute Gasteiger partial charge is 0.277 e. The molecule has 0 unspecified atom stereocenters. The van der Waals surface area contributed by atoms with Gasteiger partial charge in [0.1, 0.15) is 16.4 Å². The Kier molecular flexibility index (Phi) is 5.28. The van der Waals surface area contributed by atoms with E-state index in [-0.39, 0.29) is 16.3 Å². The third-order valence-electron chi connectivity index (χ3n) is 4.21. The first-order chi connectivity index (χ1) is 12.4. The summed E-state index contributed by atoms with van der Waals surface area (Å²) in [5, 5.41) is 6.29. The van der Waals surface area contributed by atoms with E-state index in [4.69, 9.17) is 9.26 Å². The van der Waals surface area contributed by atoms with Crippen LogP contribution in [0.3, 0.4) is 0 Å². The first-order valence-electron chi connectivity index (χ1n) is 8.34. The molecule has 1 saturated heterocycles. The van der Waals surface area contributed by atoms with Crippen molar-refractivity contribution in [1.82, 2.24) is 9.46 Å². The van der Waals surface area contributed by atoms with Crippen LogP contribution in [0.5, 0.6) is 5.75 Å². The Labute approximate surface area is 152 Å². The Morgan fingerprint density at radius 3 is 2.58 bits per heavy atom. The molecule has 2 heterocycles. The molecule has 1 amide bonds. The number of aromatic nitrogens is 1. The Morgan fingerprint density at radius 1 is 1.23 bits per heavy atom. The van der Waals surface area contributed by atoms with E-state index in [1.807, 2.05) is 0 Å². The molecule has 3 rings (SSSR count). The molecule has 1 aliphatic heterocycles. The zero-order valence-electron chi connectivity index (χ0n) is 14.7. The first-order valence-corrected chi connectivity index (χ1v) is 9.78. The van der Waals surface area contributed by atoms with Crippen LogP contribution in [0.2, 0.25) is 0 Å². The van der Waals surface area contributed by atoms with Crippen molar-refractivity contribution in [3.8, 4) is 5.75 Å². The van der Waals surface area contributed by atoms with Crippen LogP contribution in [0, 0.1) is 6.92 Å². The van der Waals surface area contributed by atoms with Gasteiger partial charge >= 0.3 is 0 Å². The van der Waals surface area contributed by atoms with Gasteiger partial charge < -0.3 is 14.6 Å². The fourth-order valence-electron chi connectivity index (χ4n) is 2.87. The van der Waals surface area contributed by atoms with Crippen LogP contribution in [0.25, 0.3) is 0 Å². The molecule has 9 heteroatoms. The lowest BCUT2D eigenvalue weighted by molar-refractivity contribution is 0.101. The maximum absolute atomic E-state index is 13.0. The van der Waals surface area contributed by atoms with Gasteiger partial charge in [-0.05, 0) is 38.0 Å². The Balaban J connectivity index is 1.90. The van der Waals surface area contributed by atoms with E-state index >= 15 is 0 Å². The number of rotatable bonds is 5. The van der Waals surface area contributed by atoms with Crippen molar-refractivity contribution in [2.24, 2.45) is 0 Å². The Bertz CT molecular complexity index is 901. The molecule has 1 aromatic carbocycles. The summed E-state index contributed by atoms with van der Waals surface area (Å²) in [6.07, 6.45) is 2.70. The standard InChI is InChI=1S/C17H21N3O5S/c1-12-10-14(19-25-12)17(21)18-13-6-7-15(24-2)16(11-13)26(22,23)20-8-4-3-5-9-20/h6-7,10-11H,3-5,8-9H2,1-2H3,(H,18,21). The van der Waals surface area contributed by atoms with Crippen molar-refractivity contribution in [1.29, 1.82) is 0 Å². The molecule has 2 aromatic rings. The third-order valence-corrected chi connectivity index (χ3v) is 6.13. The van der Waals surface area contributed by atoms with Gasteiger partial charge in [-0.15, -0.1) is 0 Å². The molecular weight excluding hydrogens is 358 g/mol. The van der Waals surface area contributed by atoms with Crippen molar-refractivity contribution in [3.63, 3.8) is 0 Å².